The molecular formula is C16H20N4O6S2. The van der Waals surface area contributed by atoms with Crippen molar-refractivity contribution in [1.82, 2.24) is 15.0 Å². The van der Waals surface area contributed by atoms with Gasteiger partial charge in [0.05, 0.1) is 21.9 Å². The SMILES string of the molecule is CNS(=O)(=O)CCNC(=O)C1CC(=O)N(c2nc3ccccc3s2)C1.O=CO. The standard InChI is InChI=1S/C15H18N4O4S2.CH2O2/c1-16-25(22,23)7-6-17-14(21)10-8-13(20)19(9-10)15-18-11-4-2-3-5-12(11)24-15;2-1-3/h2-5,10,16H,6-9H2,1H3,(H,17,21);1H,(H,2,3). The Morgan fingerprint density at radius 2 is 2.11 bits per heavy atom. The van der Waals surface area contributed by atoms with Crippen molar-refractivity contribution in [3.63, 3.8) is 0 Å². The lowest BCUT2D eigenvalue weighted by Crippen LogP contribution is -2.37. The number of hydrogen-bond acceptors (Lipinski definition) is 7. The summed E-state index contributed by atoms with van der Waals surface area (Å²) in [4.78, 5) is 38.8. The van der Waals surface area contributed by atoms with Crippen LogP contribution in [0.4, 0.5) is 5.13 Å². The number of fused-ring (bicyclic) bond motifs is 1. The number of carbonyl (C=O) groups excluding carboxylic acids is 2. The van der Waals surface area contributed by atoms with Crippen LogP contribution in [-0.4, -0.2) is 62.7 Å². The lowest BCUT2D eigenvalue weighted by atomic mass is 10.1. The number of sulfonamides is 1. The van der Waals surface area contributed by atoms with Crippen molar-refractivity contribution in [3.8, 4) is 0 Å². The van der Waals surface area contributed by atoms with Crippen molar-refractivity contribution < 1.29 is 27.9 Å². The minimum atomic E-state index is -3.37. The van der Waals surface area contributed by atoms with Gasteiger partial charge in [-0.25, -0.2) is 18.1 Å². The average Bonchev–Trinajstić information content (AvgIpc) is 3.25. The number of carboxylic acid groups (broad SMARTS) is 1. The number of hydrogen-bond donors (Lipinski definition) is 3. The Labute approximate surface area is 165 Å². The molecule has 1 aromatic carbocycles. The van der Waals surface area contributed by atoms with Crippen molar-refractivity contribution in [1.29, 1.82) is 0 Å². The maximum Gasteiger partial charge on any atom is 0.290 e. The number of nitrogens with one attached hydrogen (secondary N) is 2. The minimum absolute atomic E-state index is 0.00777. The molecule has 1 aromatic heterocycles. The topological polar surface area (TPSA) is 146 Å². The van der Waals surface area contributed by atoms with Crippen LogP contribution < -0.4 is 14.9 Å². The predicted octanol–water partition coefficient (Wildman–Crippen LogP) is 0.0154. The Morgan fingerprint density at radius 1 is 1.43 bits per heavy atom. The van der Waals surface area contributed by atoms with Gasteiger partial charge in [0.2, 0.25) is 21.8 Å². The fourth-order valence-electron chi connectivity index (χ4n) is 2.60. The van der Waals surface area contributed by atoms with Gasteiger partial charge < -0.3 is 10.4 Å². The van der Waals surface area contributed by atoms with Crippen LogP contribution in [-0.2, 0) is 24.4 Å². The molecule has 28 heavy (non-hydrogen) atoms. The van der Waals surface area contributed by atoms with Crippen molar-refractivity contribution in [2.75, 3.05) is 30.8 Å². The monoisotopic (exact) mass is 428 g/mol. The van der Waals surface area contributed by atoms with Crippen LogP contribution in [0.15, 0.2) is 24.3 Å². The van der Waals surface area contributed by atoms with Gasteiger partial charge in [0.15, 0.2) is 5.13 Å². The van der Waals surface area contributed by atoms with Gasteiger partial charge in [-0.1, -0.05) is 23.5 Å². The van der Waals surface area contributed by atoms with Crippen LogP contribution >= 0.6 is 11.3 Å². The molecule has 2 amide bonds. The first-order valence-corrected chi connectivity index (χ1v) is 10.7. The summed E-state index contributed by atoms with van der Waals surface area (Å²) < 4.78 is 25.9. The number of benzene rings is 1. The van der Waals surface area contributed by atoms with E-state index in [-0.39, 0.29) is 43.5 Å². The number of anilines is 1. The third-order valence-electron chi connectivity index (χ3n) is 3.99. The van der Waals surface area contributed by atoms with Gasteiger partial charge in [-0.2, -0.15) is 0 Å². The Kier molecular flexibility index (Phi) is 7.43. The van der Waals surface area contributed by atoms with Gasteiger partial charge in [0.1, 0.15) is 0 Å². The highest BCUT2D eigenvalue weighted by Crippen LogP contribution is 2.32. The zero-order valence-corrected chi connectivity index (χ0v) is 16.6. The zero-order chi connectivity index (χ0) is 20.7. The van der Waals surface area contributed by atoms with Crippen molar-refractivity contribution in [2.24, 2.45) is 5.92 Å². The number of aromatic nitrogens is 1. The third kappa shape index (κ3) is 5.47. The van der Waals surface area contributed by atoms with E-state index in [4.69, 9.17) is 9.90 Å². The molecule has 1 fully saturated rings. The summed E-state index contributed by atoms with van der Waals surface area (Å²) in [7, 11) is -2.05. The molecule has 1 unspecified atom stereocenters. The Balaban J connectivity index is 0.000000878. The van der Waals surface area contributed by atoms with Crippen LogP contribution in [0, 0.1) is 5.92 Å². The largest absolute Gasteiger partial charge is 0.483 e. The van der Waals surface area contributed by atoms with Crippen LogP contribution in [0.1, 0.15) is 6.42 Å². The van der Waals surface area contributed by atoms with Crippen molar-refractivity contribution in [2.45, 2.75) is 6.42 Å². The molecule has 0 spiro atoms. The van der Waals surface area contributed by atoms with Crippen LogP contribution in [0.25, 0.3) is 10.2 Å². The molecular weight excluding hydrogens is 408 g/mol. The molecule has 1 aliphatic rings. The average molecular weight is 428 g/mol. The highest BCUT2D eigenvalue weighted by Gasteiger charge is 2.36. The summed E-state index contributed by atoms with van der Waals surface area (Å²) in [5, 5.41) is 10.1. The number of para-hydroxylation sites is 1. The molecule has 10 nitrogen and oxygen atoms in total. The molecule has 0 aliphatic carbocycles. The predicted molar refractivity (Wildman–Crippen MR) is 105 cm³/mol. The van der Waals surface area contributed by atoms with Crippen molar-refractivity contribution in [3.05, 3.63) is 24.3 Å². The molecule has 1 atom stereocenters. The van der Waals surface area contributed by atoms with Gasteiger partial charge in [0, 0.05) is 19.5 Å². The highest BCUT2D eigenvalue weighted by atomic mass is 32.2. The van der Waals surface area contributed by atoms with E-state index in [2.05, 4.69) is 15.0 Å². The summed E-state index contributed by atoms with van der Waals surface area (Å²) in [6, 6.07) is 7.60. The summed E-state index contributed by atoms with van der Waals surface area (Å²) in [6.45, 7) is 0.0110. The van der Waals surface area contributed by atoms with Gasteiger partial charge in [-0.3, -0.25) is 19.3 Å². The third-order valence-corrected chi connectivity index (χ3v) is 6.41. The molecule has 12 heteroatoms. The molecule has 2 heterocycles. The lowest BCUT2D eigenvalue weighted by Gasteiger charge is -2.13. The molecule has 2 aromatic rings. The summed E-state index contributed by atoms with van der Waals surface area (Å²) >= 11 is 1.41. The lowest BCUT2D eigenvalue weighted by molar-refractivity contribution is -0.126. The number of amides is 2. The second-order valence-corrected chi connectivity index (χ2v) is 8.84. The number of thiazole rings is 1. The van der Waals surface area contributed by atoms with E-state index in [0.29, 0.717) is 5.13 Å². The Morgan fingerprint density at radius 3 is 2.75 bits per heavy atom. The minimum Gasteiger partial charge on any atom is -0.483 e. The van der Waals surface area contributed by atoms with E-state index < -0.39 is 15.9 Å². The van der Waals surface area contributed by atoms with Crippen LogP contribution in [0.5, 0.6) is 0 Å². The van der Waals surface area contributed by atoms with E-state index in [1.807, 2.05) is 24.3 Å². The molecule has 0 saturated carbocycles. The molecule has 0 radical (unpaired) electrons. The smallest absolute Gasteiger partial charge is 0.290 e. The first-order chi connectivity index (χ1) is 13.3. The number of carbonyl (C=O) groups is 3. The van der Waals surface area contributed by atoms with E-state index >= 15 is 0 Å². The quantitative estimate of drug-likeness (QED) is 0.550. The molecule has 3 N–H and O–H groups in total. The molecule has 1 aliphatic heterocycles. The van der Waals surface area contributed by atoms with Crippen LogP contribution in [0.2, 0.25) is 0 Å². The van der Waals surface area contributed by atoms with Gasteiger partial charge in [-0.15, -0.1) is 0 Å². The normalized spacial score (nSPS) is 16.5. The van der Waals surface area contributed by atoms with Crippen molar-refractivity contribution >= 4 is 55.0 Å². The van der Waals surface area contributed by atoms with E-state index in [0.717, 1.165) is 10.2 Å². The zero-order valence-electron chi connectivity index (χ0n) is 15.0. The summed E-state index contributed by atoms with van der Waals surface area (Å²) in [6.07, 6.45) is 0.0978. The Hall–Kier alpha value is -2.57. The summed E-state index contributed by atoms with van der Waals surface area (Å²) in [5.74, 6) is -1.17. The maximum atomic E-state index is 12.3. The second kappa shape index (κ2) is 9.57. The van der Waals surface area contributed by atoms with E-state index in [1.54, 1.807) is 0 Å². The second-order valence-electron chi connectivity index (χ2n) is 5.79. The first-order valence-electron chi connectivity index (χ1n) is 8.24. The molecule has 3 rings (SSSR count). The maximum absolute atomic E-state index is 12.3. The summed E-state index contributed by atoms with van der Waals surface area (Å²) in [5.41, 5.74) is 0.820. The van der Waals surface area contributed by atoms with E-state index in [1.165, 1.54) is 23.3 Å². The fraction of sp³-hybridized carbons (Fsp3) is 0.375. The Bertz CT molecular complexity index is 926. The number of nitrogens with zero attached hydrogens (tertiary/aromatic N) is 2. The van der Waals surface area contributed by atoms with Gasteiger partial charge in [-0.05, 0) is 19.2 Å². The first kappa shape index (κ1) is 21.7. The molecule has 1 saturated heterocycles. The highest BCUT2D eigenvalue weighted by molar-refractivity contribution is 7.89. The molecule has 152 valence electrons. The van der Waals surface area contributed by atoms with Gasteiger partial charge in [0.25, 0.3) is 6.47 Å². The molecule has 0 bridgehead atoms. The fourth-order valence-corrected chi connectivity index (χ4v) is 4.17. The number of rotatable bonds is 6. The van der Waals surface area contributed by atoms with E-state index in [9.17, 15) is 18.0 Å². The van der Waals surface area contributed by atoms with Crippen LogP contribution in [0.3, 0.4) is 0 Å². The van der Waals surface area contributed by atoms with Gasteiger partial charge >= 0.3 is 0 Å².